The number of aryl methyl sites for hydroxylation is 2. The van der Waals surface area contributed by atoms with Crippen LogP contribution in [0.5, 0.6) is 0 Å². The number of rotatable bonds is 5. The lowest BCUT2D eigenvalue weighted by molar-refractivity contribution is -0.118. The molecule has 0 spiro atoms. The molecule has 2 aromatic rings. The van der Waals surface area contributed by atoms with Gasteiger partial charge in [0.05, 0.1) is 11.4 Å². The van der Waals surface area contributed by atoms with Crippen molar-refractivity contribution in [1.82, 2.24) is 5.43 Å². The van der Waals surface area contributed by atoms with Gasteiger partial charge in [0, 0.05) is 11.9 Å². The Morgan fingerprint density at radius 1 is 1.10 bits per heavy atom. The minimum absolute atomic E-state index is 0.00965. The zero-order valence-electron chi connectivity index (χ0n) is 12.6. The molecule has 0 atom stereocenters. The van der Waals surface area contributed by atoms with Crippen LogP contribution in [-0.2, 0) is 4.79 Å². The average Bonchev–Trinajstić information content (AvgIpc) is 2.49. The Labute approximate surface area is 130 Å². The van der Waals surface area contributed by atoms with Crippen molar-refractivity contribution >= 4 is 23.4 Å². The molecule has 0 fully saturated rings. The van der Waals surface area contributed by atoms with E-state index in [1.807, 2.05) is 37.4 Å². The lowest BCUT2D eigenvalue weighted by atomic mass is 10.1. The molecule has 1 N–H and O–H groups in total. The monoisotopic (exact) mass is 300 g/mol. The maximum atomic E-state index is 12.0. The van der Waals surface area contributed by atoms with Crippen LogP contribution in [0.25, 0.3) is 0 Å². The van der Waals surface area contributed by atoms with Crippen molar-refractivity contribution in [3.05, 3.63) is 59.7 Å². The fraction of sp³-hybridized carbons (Fsp3) is 0.235. The number of hydrogen-bond acceptors (Lipinski definition) is 3. The second kappa shape index (κ2) is 7.18. The Morgan fingerprint density at radius 3 is 2.48 bits per heavy atom. The number of anilines is 1. The van der Waals surface area contributed by atoms with E-state index in [4.69, 9.17) is 0 Å². The summed E-state index contributed by atoms with van der Waals surface area (Å²) in [5.74, 6) is 0.393. The predicted octanol–water partition coefficient (Wildman–Crippen LogP) is 3.56. The van der Waals surface area contributed by atoms with Crippen LogP contribution < -0.4 is 10.4 Å². The molecule has 0 saturated carbocycles. The number of carbonyl (C=O) groups excluding carboxylic acids is 1. The van der Waals surface area contributed by atoms with Crippen molar-refractivity contribution in [3.63, 3.8) is 0 Å². The van der Waals surface area contributed by atoms with Gasteiger partial charge in [-0.1, -0.05) is 24.3 Å². The molecule has 0 saturated heterocycles. The Hall–Kier alpha value is -1.94. The highest BCUT2D eigenvalue weighted by atomic mass is 32.2. The third-order valence-corrected chi connectivity index (χ3v) is 4.28. The zero-order valence-corrected chi connectivity index (χ0v) is 13.4. The van der Waals surface area contributed by atoms with Gasteiger partial charge in [-0.15, -0.1) is 11.8 Å². The van der Waals surface area contributed by atoms with Crippen molar-refractivity contribution in [3.8, 4) is 0 Å². The number of benzene rings is 2. The quantitative estimate of drug-likeness (QED) is 0.677. The van der Waals surface area contributed by atoms with Gasteiger partial charge in [-0.3, -0.25) is 15.2 Å². The Bertz CT molecular complexity index is 613. The molecular formula is C17H20N2OS. The summed E-state index contributed by atoms with van der Waals surface area (Å²) in [7, 11) is 1.84. The van der Waals surface area contributed by atoms with E-state index < -0.39 is 0 Å². The highest BCUT2D eigenvalue weighted by Gasteiger charge is 2.07. The summed E-state index contributed by atoms with van der Waals surface area (Å²) >= 11 is 1.55. The van der Waals surface area contributed by atoms with Crippen molar-refractivity contribution < 1.29 is 4.79 Å². The molecule has 0 aliphatic heterocycles. The molecule has 1 amide bonds. The molecule has 0 aromatic heterocycles. The van der Waals surface area contributed by atoms with Crippen LogP contribution in [0, 0.1) is 13.8 Å². The molecule has 0 aliphatic carbocycles. The maximum absolute atomic E-state index is 12.0. The highest BCUT2D eigenvalue weighted by Crippen LogP contribution is 2.20. The Morgan fingerprint density at radius 2 is 1.81 bits per heavy atom. The molecule has 0 bridgehead atoms. The Kier molecular flexibility index (Phi) is 5.28. The van der Waals surface area contributed by atoms with Gasteiger partial charge in [0.25, 0.3) is 0 Å². The summed E-state index contributed by atoms with van der Waals surface area (Å²) in [6.07, 6.45) is 0. The summed E-state index contributed by atoms with van der Waals surface area (Å²) in [5, 5.41) is 1.74. The average molecular weight is 300 g/mol. The lowest BCUT2D eigenvalue weighted by Crippen LogP contribution is -2.40. The second-order valence-corrected chi connectivity index (χ2v) is 6.01. The molecule has 110 valence electrons. The molecule has 4 heteroatoms. The SMILES string of the molecule is Cc1ccc(SCC(=O)NN(C)c2ccccc2)cc1C. The fourth-order valence-electron chi connectivity index (χ4n) is 1.89. The number of carbonyl (C=O) groups is 1. The van der Waals surface area contributed by atoms with Gasteiger partial charge in [-0.25, -0.2) is 0 Å². The number of nitrogens with one attached hydrogen (secondary N) is 1. The van der Waals surface area contributed by atoms with Gasteiger partial charge in [0.2, 0.25) is 5.91 Å². The number of thioether (sulfide) groups is 1. The molecule has 2 aromatic carbocycles. The van der Waals surface area contributed by atoms with Gasteiger partial charge in [-0.2, -0.15) is 0 Å². The van der Waals surface area contributed by atoms with Crippen LogP contribution in [0.2, 0.25) is 0 Å². The highest BCUT2D eigenvalue weighted by molar-refractivity contribution is 8.00. The van der Waals surface area contributed by atoms with Gasteiger partial charge in [0.1, 0.15) is 0 Å². The van der Waals surface area contributed by atoms with E-state index in [9.17, 15) is 4.79 Å². The topological polar surface area (TPSA) is 32.3 Å². The first-order chi connectivity index (χ1) is 10.1. The standard InChI is InChI=1S/C17H20N2OS/c1-13-9-10-16(11-14(13)2)21-12-17(20)18-19(3)15-7-5-4-6-8-15/h4-11H,12H2,1-3H3,(H,18,20). The van der Waals surface area contributed by atoms with Crippen molar-refractivity contribution in [1.29, 1.82) is 0 Å². The predicted molar refractivity (Wildman–Crippen MR) is 89.6 cm³/mol. The van der Waals surface area contributed by atoms with Crippen molar-refractivity contribution in [2.24, 2.45) is 0 Å². The number of hydrogen-bond donors (Lipinski definition) is 1. The first kappa shape index (κ1) is 15.4. The third kappa shape index (κ3) is 4.53. The lowest BCUT2D eigenvalue weighted by Gasteiger charge is -2.20. The van der Waals surface area contributed by atoms with E-state index in [-0.39, 0.29) is 5.91 Å². The first-order valence-corrected chi connectivity index (χ1v) is 7.83. The normalized spacial score (nSPS) is 10.2. The largest absolute Gasteiger partial charge is 0.289 e. The number of hydrazine groups is 1. The summed E-state index contributed by atoms with van der Waals surface area (Å²) in [6.45, 7) is 4.17. The van der Waals surface area contributed by atoms with Gasteiger partial charge in [0.15, 0.2) is 0 Å². The van der Waals surface area contributed by atoms with E-state index in [0.29, 0.717) is 5.75 Å². The minimum atomic E-state index is -0.00965. The number of nitrogens with zero attached hydrogens (tertiary/aromatic N) is 1. The molecular weight excluding hydrogens is 280 g/mol. The van der Waals surface area contributed by atoms with Crippen LogP contribution in [0.15, 0.2) is 53.4 Å². The van der Waals surface area contributed by atoms with Gasteiger partial charge >= 0.3 is 0 Å². The molecule has 0 unspecified atom stereocenters. The molecule has 3 nitrogen and oxygen atoms in total. The van der Waals surface area contributed by atoms with E-state index >= 15 is 0 Å². The van der Waals surface area contributed by atoms with Crippen LogP contribution in [0.1, 0.15) is 11.1 Å². The molecule has 0 radical (unpaired) electrons. The minimum Gasteiger partial charge on any atom is -0.289 e. The molecule has 2 rings (SSSR count). The molecule has 0 aliphatic rings. The second-order valence-electron chi connectivity index (χ2n) is 4.96. The summed E-state index contributed by atoms with van der Waals surface area (Å²) in [5.41, 5.74) is 6.35. The first-order valence-electron chi connectivity index (χ1n) is 6.84. The zero-order chi connectivity index (χ0) is 15.2. The van der Waals surface area contributed by atoms with Crippen LogP contribution in [0.3, 0.4) is 0 Å². The molecule has 21 heavy (non-hydrogen) atoms. The van der Waals surface area contributed by atoms with Crippen molar-refractivity contribution in [2.75, 3.05) is 17.8 Å². The van der Waals surface area contributed by atoms with Crippen LogP contribution in [0.4, 0.5) is 5.69 Å². The van der Waals surface area contributed by atoms with Crippen LogP contribution in [-0.4, -0.2) is 18.7 Å². The maximum Gasteiger partial charge on any atom is 0.248 e. The summed E-state index contributed by atoms with van der Waals surface area (Å²) < 4.78 is 0. The van der Waals surface area contributed by atoms with Gasteiger partial charge in [-0.05, 0) is 49.2 Å². The summed E-state index contributed by atoms with van der Waals surface area (Å²) in [6, 6.07) is 16.0. The van der Waals surface area contributed by atoms with Crippen LogP contribution >= 0.6 is 11.8 Å². The van der Waals surface area contributed by atoms with Crippen molar-refractivity contribution in [2.45, 2.75) is 18.7 Å². The third-order valence-electron chi connectivity index (χ3n) is 3.28. The van der Waals surface area contributed by atoms with E-state index in [0.717, 1.165) is 10.6 Å². The number of amides is 1. The number of para-hydroxylation sites is 1. The fourth-order valence-corrected chi connectivity index (χ4v) is 2.67. The summed E-state index contributed by atoms with van der Waals surface area (Å²) in [4.78, 5) is 13.1. The Balaban J connectivity index is 1.86. The van der Waals surface area contributed by atoms with Gasteiger partial charge < -0.3 is 0 Å². The van der Waals surface area contributed by atoms with E-state index in [1.165, 1.54) is 11.1 Å². The van der Waals surface area contributed by atoms with E-state index in [2.05, 4.69) is 37.5 Å². The molecule has 0 heterocycles. The van der Waals surface area contributed by atoms with E-state index in [1.54, 1.807) is 16.8 Å². The smallest absolute Gasteiger partial charge is 0.248 e.